The molecule has 4 rings (SSSR count). The zero-order chi connectivity index (χ0) is 24.5. The number of fused-ring (bicyclic) bond motifs is 1. The summed E-state index contributed by atoms with van der Waals surface area (Å²) in [5.74, 6) is 0.617. The summed E-state index contributed by atoms with van der Waals surface area (Å²) in [7, 11) is 0. The molecule has 176 valence electrons. The van der Waals surface area contributed by atoms with Crippen molar-refractivity contribution in [1.29, 1.82) is 0 Å². The third kappa shape index (κ3) is 5.47. The molecule has 2 heterocycles. The van der Waals surface area contributed by atoms with Gasteiger partial charge in [0, 0.05) is 17.0 Å². The lowest BCUT2D eigenvalue weighted by atomic mass is 9.79. The van der Waals surface area contributed by atoms with Crippen molar-refractivity contribution < 1.29 is 4.79 Å². The molecule has 0 aliphatic heterocycles. The van der Waals surface area contributed by atoms with Gasteiger partial charge in [0.2, 0.25) is 0 Å². The third-order valence-electron chi connectivity index (χ3n) is 5.70. The molecule has 2 N–H and O–H groups in total. The van der Waals surface area contributed by atoms with Crippen molar-refractivity contribution in [1.82, 2.24) is 20.2 Å². The summed E-state index contributed by atoms with van der Waals surface area (Å²) >= 11 is 1.62. The summed E-state index contributed by atoms with van der Waals surface area (Å²) in [5, 5.41) is 11.8. The summed E-state index contributed by atoms with van der Waals surface area (Å²) in [4.78, 5) is 21.8. The molecule has 0 aliphatic rings. The van der Waals surface area contributed by atoms with Crippen LogP contribution >= 0.6 is 11.8 Å². The van der Waals surface area contributed by atoms with Gasteiger partial charge in [-0.05, 0) is 51.8 Å². The van der Waals surface area contributed by atoms with E-state index >= 15 is 0 Å². The molecule has 0 bridgehead atoms. The number of hydrogen-bond donors (Lipinski definition) is 2. The number of amides is 1. The van der Waals surface area contributed by atoms with E-state index in [-0.39, 0.29) is 16.7 Å². The maximum atomic E-state index is 13.2. The summed E-state index contributed by atoms with van der Waals surface area (Å²) in [6.07, 6.45) is 3.28. The first-order chi connectivity index (χ1) is 16.0. The Balaban J connectivity index is 1.53. The first kappa shape index (κ1) is 24.0. The van der Waals surface area contributed by atoms with Crippen LogP contribution in [0.3, 0.4) is 0 Å². The van der Waals surface area contributed by atoms with E-state index in [1.807, 2.05) is 36.4 Å². The van der Waals surface area contributed by atoms with Crippen LogP contribution in [0, 0.1) is 0 Å². The first-order valence-corrected chi connectivity index (χ1v) is 12.3. The number of thioether (sulfide) groups is 1. The molecule has 2 aromatic carbocycles. The molecule has 0 fully saturated rings. The SMILES string of the molecule is CC(C)(C)c1cc(C(=O)Nc2cccc(CSc3ncnc4[nH]ncc34)c2)cc(C(C)(C)C)c1. The van der Waals surface area contributed by atoms with E-state index in [9.17, 15) is 4.79 Å². The van der Waals surface area contributed by atoms with Crippen LogP contribution in [0.5, 0.6) is 0 Å². The van der Waals surface area contributed by atoms with E-state index < -0.39 is 0 Å². The number of rotatable bonds is 5. The number of hydrogen-bond acceptors (Lipinski definition) is 5. The quantitative estimate of drug-likeness (QED) is 0.256. The fourth-order valence-corrected chi connectivity index (χ4v) is 4.49. The molecule has 0 spiro atoms. The molecule has 0 unspecified atom stereocenters. The van der Waals surface area contributed by atoms with E-state index in [1.54, 1.807) is 18.0 Å². The Morgan fingerprint density at radius 3 is 2.35 bits per heavy atom. The monoisotopic (exact) mass is 473 g/mol. The minimum atomic E-state index is -0.0997. The largest absolute Gasteiger partial charge is 0.322 e. The molecule has 7 heteroatoms. The smallest absolute Gasteiger partial charge is 0.255 e. The molecule has 0 saturated carbocycles. The minimum Gasteiger partial charge on any atom is -0.322 e. The van der Waals surface area contributed by atoms with Crippen molar-refractivity contribution in [3.05, 3.63) is 77.2 Å². The Bertz CT molecular complexity index is 1300. The van der Waals surface area contributed by atoms with E-state index in [1.165, 1.54) is 6.33 Å². The predicted octanol–water partition coefficient (Wildman–Crippen LogP) is 6.49. The highest BCUT2D eigenvalue weighted by atomic mass is 32.2. The molecule has 0 aliphatic carbocycles. The van der Waals surface area contributed by atoms with Gasteiger partial charge in [0.25, 0.3) is 5.91 Å². The molecule has 0 atom stereocenters. The molecule has 0 radical (unpaired) electrons. The highest BCUT2D eigenvalue weighted by Crippen LogP contribution is 2.31. The third-order valence-corrected chi connectivity index (χ3v) is 6.78. The van der Waals surface area contributed by atoms with E-state index in [2.05, 4.69) is 73.1 Å². The molecule has 6 nitrogen and oxygen atoms in total. The highest BCUT2D eigenvalue weighted by Gasteiger charge is 2.22. The number of nitrogens with one attached hydrogen (secondary N) is 2. The minimum absolute atomic E-state index is 0.0468. The van der Waals surface area contributed by atoms with Crippen molar-refractivity contribution in [3.63, 3.8) is 0 Å². The average molecular weight is 474 g/mol. The summed E-state index contributed by atoms with van der Waals surface area (Å²) in [6.45, 7) is 13.0. The number of carbonyl (C=O) groups excluding carboxylic acids is 1. The van der Waals surface area contributed by atoms with Crippen molar-refractivity contribution in [2.45, 2.75) is 63.2 Å². The Hall–Kier alpha value is -3.19. The normalized spacial score (nSPS) is 12.2. The fourth-order valence-electron chi connectivity index (χ4n) is 3.58. The zero-order valence-electron chi connectivity index (χ0n) is 20.6. The van der Waals surface area contributed by atoms with Crippen LogP contribution in [0.4, 0.5) is 5.69 Å². The maximum absolute atomic E-state index is 13.2. The van der Waals surface area contributed by atoms with Crippen LogP contribution in [-0.4, -0.2) is 26.1 Å². The predicted molar refractivity (Wildman–Crippen MR) is 139 cm³/mol. The summed E-state index contributed by atoms with van der Waals surface area (Å²) in [5.41, 5.74) is 5.50. The van der Waals surface area contributed by atoms with Crippen molar-refractivity contribution >= 4 is 34.4 Å². The van der Waals surface area contributed by atoms with Crippen LogP contribution in [0.25, 0.3) is 11.0 Å². The van der Waals surface area contributed by atoms with Gasteiger partial charge in [-0.1, -0.05) is 59.7 Å². The fraction of sp³-hybridized carbons (Fsp3) is 0.333. The summed E-state index contributed by atoms with van der Waals surface area (Å²) in [6, 6.07) is 14.2. The molecule has 0 saturated heterocycles. The molecule has 1 amide bonds. The van der Waals surface area contributed by atoms with Gasteiger partial charge in [-0.3, -0.25) is 9.89 Å². The topological polar surface area (TPSA) is 83.6 Å². The van der Waals surface area contributed by atoms with Gasteiger partial charge < -0.3 is 5.32 Å². The number of anilines is 1. The average Bonchev–Trinajstić information content (AvgIpc) is 3.26. The Morgan fingerprint density at radius 1 is 0.971 bits per heavy atom. The van der Waals surface area contributed by atoms with Crippen LogP contribution in [-0.2, 0) is 16.6 Å². The summed E-state index contributed by atoms with van der Waals surface area (Å²) < 4.78 is 0. The van der Waals surface area contributed by atoms with Gasteiger partial charge >= 0.3 is 0 Å². The second kappa shape index (κ2) is 9.22. The molecule has 2 aromatic heterocycles. The number of nitrogens with zero attached hydrogens (tertiary/aromatic N) is 3. The lowest BCUT2D eigenvalue weighted by molar-refractivity contribution is 0.102. The lowest BCUT2D eigenvalue weighted by Gasteiger charge is -2.26. The molecular formula is C27H31N5OS. The van der Waals surface area contributed by atoms with Crippen molar-refractivity contribution in [2.75, 3.05) is 5.32 Å². The van der Waals surface area contributed by atoms with Gasteiger partial charge in [-0.2, -0.15) is 5.10 Å². The Kier molecular flexibility index (Phi) is 6.49. The lowest BCUT2D eigenvalue weighted by Crippen LogP contribution is -2.20. The first-order valence-electron chi connectivity index (χ1n) is 11.3. The molecule has 4 aromatic rings. The van der Waals surface area contributed by atoms with Crippen LogP contribution in [0.1, 0.15) is 68.6 Å². The number of H-pyrrole nitrogens is 1. The van der Waals surface area contributed by atoms with E-state index in [0.717, 1.165) is 38.4 Å². The highest BCUT2D eigenvalue weighted by molar-refractivity contribution is 7.98. The van der Waals surface area contributed by atoms with E-state index in [0.29, 0.717) is 11.3 Å². The Morgan fingerprint density at radius 2 is 1.68 bits per heavy atom. The number of benzene rings is 2. The molecule has 34 heavy (non-hydrogen) atoms. The Labute approximate surface area is 205 Å². The van der Waals surface area contributed by atoms with Gasteiger partial charge in [0.15, 0.2) is 5.65 Å². The zero-order valence-corrected chi connectivity index (χ0v) is 21.4. The van der Waals surface area contributed by atoms with Gasteiger partial charge in [0.05, 0.1) is 11.6 Å². The standard InChI is InChI=1S/C27H31N5OS/c1-26(2,3)19-11-18(12-20(13-19)27(4,5)6)24(33)31-21-9-7-8-17(10-21)15-34-25-22-14-30-32-23(22)28-16-29-25/h7-14,16H,15H2,1-6H3,(H,31,33)(H,28,29,30,32). The van der Waals surface area contributed by atoms with Gasteiger partial charge in [-0.25, -0.2) is 9.97 Å². The van der Waals surface area contributed by atoms with Crippen LogP contribution in [0.2, 0.25) is 0 Å². The number of aromatic nitrogens is 4. The second-order valence-corrected chi connectivity index (χ2v) is 11.5. The number of carbonyl (C=O) groups is 1. The van der Waals surface area contributed by atoms with Gasteiger partial charge in [-0.15, -0.1) is 11.8 Å². The number of aromatic amines is 1. The maximum Gasteiger partial charge on any atom is 0.255 e. The second-order valence-electron chi connectivity index (χ2n) is 10.6. The van der Waals surface area contributed by atoms with E-state index in [4.69, 9.17) is 0 Å². The van der Waals surface area contributed by atoms with Crippen molar-refractivity contribution in [3.8, 4) is 0 Å². The van der Waals surface area contributed by atoms with Crippen LogP contribution < -0.4 is 5.32 Å². The van der Waals surface area contributed by atoms with Crippen molar-refractivity contribution in [2.24, 2.45) is 0 Å². The van der Waals surface area contributed by atoms with Gasteiger partial charge in [0.1, 0.15) is 11.4 Å². The van der Waals surface area contributed by atoms with Crippen LogP contribution in [0.15, 0.2) is 60.0 Å². The molecular weight excluding hydrogens is 442 g/mol.